The van der Waals surface area contributed by atoms with Gasteiger partial charge in [-0.25, -0.2) is 0 Å². The number of hydrogen-bond acceptors (Lipinski definition) is 3. The Balaban J connectivity index is 3.45. The normalized spacial score (nSPS) is 11.5. The molecule has 0 amide bonds. The maximum atomic E-state index is 5.74. The van der Waals surface area contributed by atoms with E-state index in [9.17, 15) is 0 Å². The molecule has 1 rings (SSSR count). The van der Waals surface area contributed by atoms with Gasteiger partial charge in [-0.15, -0.1) is 19.3 Å². The molecule has 1 aromatic carbocycles. The topological polar surface area (TPSA) is 27.7 Å². The highest BCUT2D eigenvalue weighted by Crippen LogP contribution is 2.46. The van der Waals surface area contributed by atoms with E-state index in [1.807, 2.05) is 0 Å². The Hall–Kier alpha value is -2.70. The maximum Gasteiger partial charge on any atom is 0.148 e. The lowest BCUT2D eigenvalue weighted by atomic mass is 9.77. The predicted molar refractivity (Wildman–Crippen MR) is 97.3 cm³/mol. The third-order valence-electron chi connectivity index (χ3n) is 3.75. The minimum absolute atomic E-state index is 0.0102. The highest BCUT2D eigenvalue weighted by molar-refractivity contribution is 5.53. The minimum atomic E-state index is -0.0102. The van der Waals surface area contributed by atoms with E-state index in [0.717, 1.165) is 5.56 Å². The summed E-state index contributed by atoms with van der Waals surface area (Å²) in [6, 6.07) is 3.57. The molecule has 0 aliphatic carbocycles. The van der Waals surface area contributed by atoms with Crippen molar-refractivity contribution in [1.82, 2.24) is 0 Å². The summed E-state index contributed by atoms with van der Waals surface area (Å²) in [6.45, 7) is 9.01. The van der Waals surface area contributed by atoms with Crippen molar-refractivity contribution in [2.75, 3.05) is 19.8 Å². The Kier molecular flexibility index (Phi) is 7.10. The molecule has 1 aromatic rings. The van der Waals surface area contributed by atoms with Crippen molar-refractivity contribution >= 4 is 0 Å². The molecular weight excluding hydrogens is 300 g/mol. The van der Waals surface area contributed by atoms with Crippen LogP contribution in [0, 0.1) is 42.4 Å². The highest BCUT2D eigenvalue weighted by Gasteiger charge is 2.29. The van der Waals surface area contributed by atoms with E-state index in [2.05, 4.69) is 45.5 Å². The lowest BCUT2D eigenvalue weighted by molar-refractivity contribution is 0.291. The zero-order valence-corrected chi connectivity index (χ0v) is 14.8. The van der Waals surface area contributed by atoms with Gasteiger partial charge >= 0.3 is 0 Å². The van der Waals surface area contributed by atoms with E-state index in [1.165, 1.54) is 0 Å². The Bertz CT molecular complexity index is 636. The fraction of sp³-hybridized carbons (Fsp3) is 0.429. The van der Waals surface area contributed by atoms with Crippen LogP contribution in [0.25, 0.3) is 0 Å². The molecule has 0 aromatic heterocycles. The maximum absolute atomic E-state index is 5.74. The average molecular weight is 324 g/mol. The zero-order valence-electron chi connectivity index (χ0n) is 14.8. The van der Waals surface area contributed by atoms with Crippen molar-refractivity contribution in [3.8, 4) is 54.3 Å². The van der Waals surface area contributed by atoms with Gasteiger partial charge in [-0.3, -0.25) is 0 Å². The molecular formula is C21H24O3. The van der Waals surface area contributed by atoms with Crippen LogP contribution >= 0.6 is 0 Å². The van der Waals surface area contributed by atoms with E-state index >= 15 is 0 Å². The first-order valence-corrected chi connectivity index (χ1v) is 7.71. The van der Waals surface area contributed by atoms with Gasteiger partial charge in [0.1, 0.15) is 37.1 Å². The van der Waals surface area contributed by atoms with Crippen LogP contribution in [-0.2, 0) is 0 Å². The zero-order chi connectivity index (χ0) is 18.2. The number of terminal acetylenes is 3. The van der Waals surface area contributed by atoms with Crippen LogP contribution in [-0.4, -0.2) is 19.8 Å². The SMILES string of the molecule is C#CCOc1cc(OCC#C)c(C(C)C(C)(C)C)c(OCC#C)c1. The lowest BCUT2D eigenvalue weighted by Gasteiger charge is -2.30. The number of rotatable bonds is 7. The molecule has 0 saturated carbocycles. The number of benzene rings is 1. The Labute approximate surface area is 145 Å². The van der Waals surface area contributed by atoms with E-state index in [0.29, 0.717) is 17.2 Å². The van der Waals surface area contributed by atoms with Gasteiger partial charge in [0.2, 0.25) is 0 Å². The van der Waals surface area contributed by atoms with Crippen molar-refractivity contribution < 1.29 is 14.2 Å². The van der Waals surface area contributed by atoms with Gasteiger partial charge in [0, 0.05) is 17.7 Å². The molecule has 0 N–H and O–H groups in total. The Morgan fingerprint density at radius 2 is 1.29 bits per heavy atom. The van der Waals surface area contributed by atoms with E-state index in [1.54, 1.807) is 12.1 Å². The van der Waals surface area contributed by atoms with Gasteiger partial charge in [0.15, 0.2) is 0 Å². The summed E-state index contributed by atoms with van der Waals surface area (Å²) < 4.78 is 17.0. The summed E-state index contributed by atoms with van der Waals surface area (Å²) in [5.41, 5.74) is 0.907. The van der Waals surface area contributed by atoms with Crippen LogP contribution in [0.4, 0.5) is 0 Å². The fourth-order valence-corrected chi connectivity index (χ4v) is 2.12. The number of hydrogen-bond donors (Lipinski definition) is 0. The first kappa shape index (κ1) is 19.3. The van der Waals surface area contributed by atoms with Gasteiger partial charge < -0.3 is 14.2 Å². The second-order valence-electron chi connectivity index (χ2n) is 6.40. The largest absolute Gasteiger partial charge is 0.481 e. The predicted octanol–water partition coefficient (Wildman–Crippen LogP) is 3.87. The van der Waals surface area contributed by atoms with Crippen molar-refractivity contribution in [3.63, 3.8) is 0 Å². The first-order valence-electron chi connectivity index (χ1n) is 7.71. The molecule has 0 aliphatic heterocycles. The van der Waals surface area contributed by atoms with Crippen molar-refractivity contribution in [1.29, 1.82) is 0 Å². The highest BCUT2D eigenvalue weighted by atomic mass is 16.5. The summed E-state index contributed by atoms with van der Waals surface area (Å²) in [7, 11) is 0. The quantitative estimate of drug-likeness (QED) is 0.713. The van der Waals surface area contributed by atoms with E-state index < -0.39 is 0 Å². The molecule has 1 unspecified atom stereocenters. The van der Waals surface area contributed by atoms with E-state index in [-0.39, 0.29) is 31.2 Å². The monoisotopic (exact) mass is 324 g/mol. The van der Waals surface area contributed by atoms with E-state index in [4.69, 9.17) is 33.5 Å². The smallest absolute Gasteiger partial charge is 0.148 e. The van der Waals surface area contributed by atoms with Crippen molar-refractivity contribution in [3.05, 3.63) is 17.7 Å². The summed E-state index contributed by atoms with van der Waals surface area (Å²) >= 11 is 0. The average Bonchev–Trinajstić information content (AvgIpc) is 2.54. The van der Waals surface area contributed by atoms with Gasteiger partial charge in [0.25, 0.3) is 0 Å². The Morgan fingerprint density at radius 3 is 1.67 bits per heavy atom. The second kappa shape index (κ2) is 8.81. The van der Waals surface area contributed by atoms with Crippen molar-refractivity contribution in [2.45, 2.75) is 33.6 Å². The Morgan fingerprint density at radius 1 is 0.875 bits per heavy atom. The molecule has 126 valence electrons. The third-order valence-corrected chi connectivity index (χ3v) is 3.75. The lowest BCUT2D eigenvalue weighted by Crippen LogP contribution is -2.18. The van der Waals surface area contributed by atoms with Crippen LogP contribution in [0.5, 0.6) is 17.2 Å². The molecule has 0 saturated heterocycles. The molecule has 0 spiro atoms. The molecule has 0 heterocycles. The summed E-state index contributed by atoms with van der Waals surface area (Å²) in [4.78, 5) is 0. The molecule has 0 bridgehead atoms. The molecule has 0 radical (unpaired) electrons. The van der Waals surface area contributed by atoms with Crippen LogP contribution in [0.3, 0.4) is 0 Å². The van der Waals surface area contributed by atoms with Crippen LogP contribution in [0.1, 0.15) is 39.2 Å². The van der Waals surface area contributed by atoms with Crippen LogP contribution < -0.4 is 14.2 Å². The summed E-state index contributed by atoms with van der Waals surface area (Å²) in [5, 5.41) is 0. The molecule has 0 fully saturated rings. The molecule has 3 nitrogen and oxygen atoms in total. The first-order chi connectivity index (χ1) is 11.3. The van der Waals surface area contributed by atoms with Crippen LogP contribution in [0.15, 0.2) is 12.1 Å². The number of ether oxygens (including phenoxy) is 3. The van der Waals surface area contributed by atoms with Gasteiger partial charge in [-0.2, -0.15) is 0 Å². The van der Waals surface area contributed by atoms with Gasteiger partial charge in [-0.1, -0.05) is 45.5 Å². The van der Waals surface area contributed by atoms with Crippen LogP contribution in [0.2, 0.25) is 0 Å². The third kappa shape index (κ3) is 5.19. The van der Waals surface area contributed by atoms with Gasteiger partial charge in [-0.05, 0) is 11.3 Å². The summed E-state index contributed by atoms with van der Waals surface area (Å²) in [6.07, 6.45) is 15.9. The fourth-order valence-electron chi connectivity index (χ4n) is 2.12. The standard InChI is InChI=1S/C21H24O3/c1-8-11-22-17-14-18(23-12-9-2)20(16(4)21(5,6)7)19(15-17)24-13-10-3/h1-3,14-16H,11-13H2,4-7H3. The molecule has 0 aliphatic rings. The molecule has 24 heavy (non-hydrogen) atoms. The minimum Gasteiger partial charge on any atom is -0.481 e. The summed E-state index contributed by atoms with van der Waals surface area (Å²) in [5.74, 6) is 9.33. The second-order valence-corrected chi connectivity index (χ2v) is 6.40. The van der Waals surface area contributed by atoms with Crippen molar-refractivity contribution in [2.24, 2.45) is 5.41 Å². The van der Waals surface area contributed by atoms with Gasteiger partial charge in [0.05, 0.1) is 0 Å². The molecule has 3 heteroatoms. The molecule has 1 atom stereocenters.